The lowest BCUT2D eigenvalue weighted by molar-refractivity contribution is 0.764. The molecule has 0 saturated carbocycles. The lowest BCUT2D eigenvalue weighted by Gasteiger charge is -2.09. The van der Waals surface area contributed by atoms with Crippen LogP contribution in [0.3, 0.4) is 0 Å². The average molecular weight is 251 g/mol. The van der Waals surface area contributed by atoms with Crippen molar-refractivity contribution in [2.45, 2.75) is 33.7 Å². The van der Waals surface area contributed by atoms with Gasteiger partial charge in [0.2, 0.25) is 0 Å². The Morgan fingerprint density at radius 1 is 1.29 bits per heavy atom. The van der Waals surface area contributed by atoms with Crippen molar-refractivity contribution in [2.24, 2.45) is 0 Å². The molecule has 0 radical (unpaired) electrons. The Balaban J connectivity index is 2.62. The fourth-order valence-corrected chi connectivity index (χ4v) is 1.88. The van der Waals surface area contributed by atoms with Crippen LogP contribution in [-0.2, 0) is 13.0 Å². The number of imidazole rings is 1. The summed E-state index contributed by atoms with van der Waals surface area (Å²) in [5.74, 6) is 1.60. The van der Waals surface area contributed by atoms with Crippen molar-refractivity contribution in [1.29, 1.82) is 0 Å². The van der Waals surface area contributed by atoms with Crippen LogP contribution in [0.4, 0.5) is 0 Å². The molecule has 0 aromatic carbocycles. The predicted molar refractivity (Wildman–Crippen MR) is 68.1 cm³/mol. The van der Waals surface area contributed by atoms with Crippen LogP contribution in [0.25, 0.3) is 11.5 Å². The molecule has 2 rings (SSSR count). The first kappa shape index (κ1) is 12.0. The van der Waals surface area contributed by atoms with Gasteiger partial charge in [0.15, 0.2) is 5.82 Å². The Kier molecular flexibility index (Phi) is 3.43. The summed E-state index contributed by atoms with van der Waals surface area (Å²) in [4.78, 5) is 13.1. The zero-order valence-corrected chi connectivity index (χ0v) is 11.0. The fourth-order valence-electron chi connectivity index (χ4n) is 1.69. The van der Waals surface area contributed by atoms with Gasteiger partial charge in [0.05, 0.1) is 0 Å². The molecule has 2 aromatic heterocycles. The first-order valence-electron chi connectivity index (χ1n) is 5.71. The maximum atomic E-state index is 6.12. The molecule has 0 unspecified atom stereocenters. The lowest BCUT2D eigenvalue weighted by Crippen LogP contribution is -2.04. The van der Waals surface area contributed by atoms with Crippen molar-refractivity contribution in [3.63, 3.8) is 0 Å². The van der Waals surface area contributed by atoms with Crippen molar-refractivity contribution in [3.05, 3.63) is 28.9 Å². The lowest BCUT2D eigenvalue weighted by atomic mass is 10.2. The Hall–Kier alpha value is -1.42. The van der Waals surface area contributed by atoms with E-state index in [4.69, 9.17) is 11.6 Å². The van der Waals surface area contributed by atoms with Crippen molar-refractivity contribution in [3.8, 4) is 11.5 Å². The van der Waals surface area contributed by atoms with Crippen molar-refractivity contribution >= 4 is 11.6 Å². The second-order valence-corrected chi connectivity index (χ2v) is 4.15. The van der Waals surface area contributed by atoms with Gasteiger partial charge >= 0.3 is 0 Å². The summed E-state index contributed by atoms with van der Waals surface area (Å²) < 4.78 is 2.05. The molecule has 2 aromatic rings. The van der Waals surface area contributed by atoms with Gasteiger partial charge in [-0.1, -0.05) is 18.5 Å². The quantitative estimate of drug-likeness (QED) is 0.787. The standard InChI is InChI=1S/C12H15ClN4/c1-4-9-15-10(8(3)11(13)16-9)12-14-6-7-17(12)5-2/h6-7H,4-5H2,1-3H3. The van der Waals surface area contributed by atoms with Gasteiger partial charge in [0, 0.05) is 30.9 Å². The van der Waals surface area contributed by atoms with E-state index in [1.807, 2.05) is 24.6 Å². The van der Waals surface area contributed by atoms with Crippen LogP contribution in [0.15, 0.2) is 12.4 Å². The summed E-state index contributed by atoms with van der Waals surface area (Å²) in [6.45, 7) is 6.87. The van der Waals surface area contributed by atoms with E-state index < -0.39 is 0 Å². The molecular formula is C12H15ClN4. The van der Waals surface area contributed by atoms with Crippen LogP contribution in [0.1, 0.15) is 25.2 Å². The van der Waals surface area contributed by atoms with Crippen molar-refractivity contribution < 1.29 is 0 Å². The van der Waals surface area contributed by atoms with Gasteiger partial charge in [0.1, 0.15) is 16.7 Å². The van der Waals surface area contributed by atoms with E-state index in [2.05, 4.69) is 21.9 Å². The Morgan fingerprint density at radius 3 is 2.71 bits per heavy atom. The SMILES string of the molecule is CCc1nc(Cl)c(C)c(-c2nccn2CC)n1. The molecular weight excluding hydrogens is 236 g/mol. The largest absolute Gasteiger partial charge is 0.330 e. The number of halogens is 1. The van der Waals surface area contributed by atoms with Crippen LogP contribution in [0.2, 0.25) is 5.15 Å². The summed E-state index contributed by atoms with van der Waals surface area (Å²) in [6.07, 6.45) is 4.48. The van der Waals surface area contributed by atoms with E-state index in [0.717, 1.165) is 35.9 Å². The molecule has 17 heavy (non-hydrogen) atoms. The summed E-state index contributed by atoms with van der Waals surface area (Å²) in [7, 11) is 0. The maximum absolute atomic E-state index is 6.12. The summed E-state index contributed by atoms with van der Waals surface area (Å²) in [5, 5.41) is 0.512. The second-order valence-electron chi connectivity index (χ2n) is 3.79. The third kappa shape index (κ3) is 2.17. The molecule has 0 fully saturated rings. The van der Waals surface area contributed by atoms with Crippen LogP contribution in [0, 0.1) is 6.92 Å². The van der Waals surface area contributed by atoms with E-state index in [1.165, 1.54) is 0 Å². The zero-order valence-electron chi connectivity index (χ0n) is 10.2. The third-order valence-electron chi connectivity index (χ3n) is 2.72. The van der Waals surface area contributed by atoms with Gasteiger partial charge in [-0.3, -0.25) is 0 Å². The van der Waals surface area contributed by atoms with E-state index in [-0.39, 0.29) is 0 Å². The topological polar surface area (TPSA) is 43.6 Å². The second kappa shape index (κ2) is 4.84. The molecule has 0 spiro atoms. The molecule has 0 N–H and O–H groups in total. The van der Waals surface area contributed by atoms with E-state index in [9.17, 15) is 0 Å². The summed E-state index contributed by atoms with van der Waals surface area (Å²) >= 11 is 6.12. The minimum atomic E-state index is 0.512. The normalized spacial score (nSPS) is 10.8. The number of hydrogen-bond acceptors (Lipinski definition) is 3. The fraction of sp³-hybridized carbons (Fsp3) is 0.417. The van der Waals surface area contributed by atoms with E-state index in [1.54, 1.807) is 6.20 Å². The molecule has 2 heterocycles. The third-order valence-corrected chi connectivity index (χ3v) is 3.08. The first-order chi connectivity index (χ1) is 8.17. The molecule has 0 aliphatic rings. The van der Waals surface area contributed by atoms with Crippen molar-refractivity contribution in [2.75, 3.05) is 0 Å². The molecule has 4 nitrogen and oxygen atoms in total. The highest BCUT2D eigenvalue weighted by molar-refractivity contribution is 6.30. The van der Waals surface area contributed by atoms with E-state index >= 15 is 0 Å². The minimum absolute atomic E-state index is 0.512. The van der Waals surface area contributed by atoms with Crippen LogP contribution >= 0.6 is 11.6 Å². The highest BCUT2D eigenvalue weighted by Gasteiger charge is 2.14. The minimum Gasteiger partial charge on any atom is -0.330 e. The molecule has 0 atom stereocenters. The van der Waals surface area contributed by atoms with Gasteiger partial charge in [-0.2, -0.15) is 0 Å². The van der Waals surface area contributed by atoms with Gasteiger partial charge in [-0.05, 0) is 13.8 Å². The zero-order chi connectivity index (χ0) is 12.4. The van der Waals surface area contributed by atoms with Gasteiger partial charge < -0.3 is 4.57 Å². The Labute approximate surface area is 106 Å². The molecule has 0 aliphatic heterocycles. The number of nitrogens with zero attached hydrogens (tertiary/aromatic N) is 4. The highest BCUT2D eigenvalue weighted by Crippen LogP contribution is 2.24. The van der Waals surface area contributed by atoms with Crippen LogP contribution < -0.4 is 0 Å². The summed E-state index contributed by atoms with van der Waals surface area (Å²) in [6, 6.07) is 0. The highest BCUT2D eigenvalue weighted by atomic mass is 35.5. The Morgan fingerprint density at radius 2 is 2.06 bits per heavy atom. The molecule has 0 saturated heterocycles. The molecule has 0 amide bonds. The molecule has 5 heteroatoms. The Bertz CT molecular complexity index is 533. The monoisotopic (exact) mass is 250 g/mol. The number of rotatable bonds is 3. The maximum Gasteiger partial charge on any atom is 0.159 e. The average Bonchev–Trinajstić information content (AvgIpc) is 2.80. The predicted octanol–water partition coefficient (Wildman–Crippen LogP) is 2.88. The first-order valence-corrected chi connectivity index (χ1v) is 6.09. The number of aryl methyl sites for hydroxylation is 2. The molecule has 0 aliphatic carbocycles. The summed E-state index contributed by atoms with van der Waals surface area (Å²) in [5.41, 5.74) is 1.71. The number of aromatic nitrogens is 4. The van der Waals surface area contributed by atoms with Gasteiger partial charge in [0.25, 0.3) is 0 Å². The van der Waals surface area contributed by atoms with Gasteiger partial charge in [-0.25, -0.2) is 15.0 Å². The van der Waals surface area contributed by atoms with Crippen LogP contribution in [-0.4, -0.2) is 19.5 Å². The van der Waals surface area contributed by atoms with Crippen LogP contribution in [0.5, 0.6) is 0 Å². The van der Waals surface area contributed by atoms with Gasteiger partial charge in [-0.15, -0.1) is 0 Å². The molecule has 0 bridgehead atoms. The van der Waals surface area contributed by atoms with E-state index in [0.29, 0.717) is 5.15 Å². The number of hydrogen-bond donors (Lipinski definition) is 0. The molecule has 90 valence electrons. The smallest absolute Gasteiger partial charge is 0.159 e. The van der Waals surface area contributed by atoms with Crippen molar-refractivity contribution in [1.82, 2.24) is 19.5 Å².